The number of likely N-dealkylation sites (tertiary alicyclic amines) is 1. The molecule has 7 nitrogen and oxygen atoms in total. The Balaban J connectivity index is 0.000000203. The van der Waals surface area contributed by atoms with Gasteiger partial charge in [-0.1, -0.05) is 51.1 Å². The second kappa shape index (κ2) is 12.0. The molecule has 1 unspecified atom stereocenters. The summed E-state index contributed by atoms with van der Waals surface area (Å²) in [6, 6.07) is 17.8. The van der Waals surface area contributed by atoms with E-state index < -0.39 is 6.03 Å². The molecule has 3 N–H and O–H groups in total. The van der Waals surface area contributed by atoms with E-state index in [0.717, 1.165) is 24.8 Å². The van der Waals surface area contributed by atoms with Gasteiger partial charge in [0.1, 0.15) is 11.6 Å². The zero-order chi connectivity index (χ0) is 25.4. The zero-order valence-corrected chi connectivity index (χ0v) is 21.0. The van der Waals surface area contributed by atoms with Crippen molar-refractivity contribution in [3.05, 3.63) is 77.7 Å². The molecule has 4 rings (SSSR count). The number of aromatic nitrogens is 2. The summed E-state index contributed by atoms with van der Waals surface area (Å²) in [6.45, 7) is 10.4. The van der Waals surface area contributed by atoms with Gasteiger partial charge in [0.15, 0.2) is 0 Å². The number of benzene rings is 2. The Morgan fingerprint density at radius 3 is 2.46 bits per heavy atom. The van der Waals surface area contributed by atoms with Crippen molar-refractivity contribution < 1.29 is 13.9 Å². The van der Waals surface area contributed by atoms with Gasteiger partial charge in [-0.15, -0.1) is 0 Å². The number of hydrogen-bond acceptors (Lipinski definition) is 4. The smallest absolute Gasteiger partial charge is 0.317 e. The maximum absolute atomic E-state index is 13.0. The maximum Gasteiger partial charge on any atom is 0.317 e. The standard InChI is InChI=1S/C14H17FN4O.C13H19NO/c1-14(2,3)11-8-12(17-13(16)20)19(18-11)10-6-4-9(15)5-7-10;1-15-10-9-14-8-7-13(11-14)12-5-3-2-4-6-12/h4-8H,1-3H3,(H3,16,17,20);2-6,13H,7-11H2,1H3. The van der Waals surface area contributed by atoms with E-state index in [9.17, 15) is 9.18 Å². The lowest BCUT2D eigenvalue weighted by Gasteiger charge is -2.15. The molecule has 188 valence electrons. The van der Waals surface area contributed by atoms with Crippen LogP contribution >= 0.6 is 0 Å². The molecule has 3 aromatic rings. The van der Waals surface area contributed by atoms with Crippen LogP contribution < -0.4 is 11.1 Å². The molecular formula is C27H36FN5O2. The fraction of sp³-hybridized carbons (Fsp3) is 0.407. The Hall–Kier alpha value is -3.23. The van der Waals surface area contributed by atoms with E-state index in [4.69, 9.17) is 10.5 Å². The Morgan fingerprint density at radius 2 is 1.86 bits per heavy atom. The number of amides is 2. The summed E-state index contributed by atoms with van der Waals surface area (Å²) in [4.78, 5) is 13.6. The minimum atomic E-state index is -0.672. The van der Waals surface area contributed by atoms with Crippen LogP contribution in [0.5, 0.6) is 0 Å². The van der Waals surface area contributed by atoms with Crippen molar-refractivity contribution >= 4 is 11.8 Å². The quantitative estimate of drug-likeness (QED) is 0.523. The lowest BCUT2D eigenvalue weighted by molar-refractivity contribution is 0.160. The maximum atomic E-state index is 13.0. The van der Waals surface area contributed by atoms with Gasteiger partial charge in [-0.3, -0.25) is 5.32 Å². The summed E-state index contributed by atoms with van der Waals surface area (Å²) in [7, 11) is 1.77. The number of carbonyl (C=O) groups excluding carboxylic acids is 1. The van der Waals surface area contributed by atoms with E-state index in [-0.39, 0.29) is 11.2 Å². The molecule has 0 aliphatic carbocycles. The lowest BCUT2D eigenvalue weighted by atomic mass is 9.92. The number of nitrogens with one attached hydrogen (secondary N) is 1. The molecule has 1 aliphatic rings. The largest absolute Gasteiger partial charge is 0.383 e. The molecule has 1 aliphatic heterocycles. The summed E-state index contributed by atoms with van der Waals surface area (Å²) in [5, 5.41) is 6.98. The fourth-order valence-corrected chi connectivity index (χ4v) is 4.00. The SMILES string of the molecule is CC(C)(C)c1cc(NC(N)=O)n(-c2ccc(F)cc2)n1.COCCN1CCC(c2ccccc2)C1. The predicted octanol–water partition coefficient (Wildman–Crippen LogP) is 4.92. The Labute approximate surface area is 207 Å². The third-order valence-corrected chi connectivity index (χ3v) is 5.96. The number of ether oxygens (including phenoxy) is 1. The third-order valence-electron chi connectivity index (χ3n) is 5.96. The highest BCUT2D eigenvalue weighted by molar-refractivity contribution is 5.87. The van der Waals surface area contributed by atoms with Gasteiger partial charge in [-0.2, -0.15) is 5.10 Å². The highest BCUT2D eigenvalue weighted by Gasteiger charge is 2.23. The lowest BCUT2D eigenvalue weighted by Crippen LogP contribution is -2.24. The number of nitrogens with zero attached hydrogens (tertiary/aromatic N) is 3. The summed E-state index contributed by atoms with van der Waals surface area (Å²) in [5.74, 6) is 0.846. The van der Waals surface area contributed by atoms with Crippen LogP contribution in [0.3, 0.4) is 0 Å². The molecule has 2 aromatic carbocycles. The molecule has 0 saturated carbocycles. The molecule has 1 fully saturated rings. The van der Waals surface area contributed by atoms with E-state index in [1.165, 1.54) is 41.9 Å². The molecule has 0 bridgehead atoms. The van der Waals surface area contributed by atoms with Crippen molar-refractivity contribution in [2.45, 2.75) is 38.5 Å². The fourth-order valence-electron chi connectivity index (χ4n) is 4.00. The number of nitrogens with two attached hydrogens (primary N) is 1. The van der Waals surface area contributed by atoms with E-state index in [1.807, 2.05) is 20.8 Å². The highest BCUT2D eigenvalue weighted by atomic mass is 19.1. The molecule has 1 saturated heterocycles. The van der Waals surface area contributed by atoms with Gasteiger partial charge in [0.25, 0.3) is 0 Å². The minimum Gasteiger partial charge on any atom is -0.383 e. The number of anilines is 1. The first kappa shape index (κ1) is 26.4. The van der Waals surface area contributed by atoms with Crippen molar-refractivity contribution in [3.8, 4) is 5.69 Å². The monoisotopic (exact) mass is 481 g/mol. The van der Waals surface area contributed by atoms with Crippen molar-refractivity contribution in [2.75, 3.05) is 38.7 Å². The third kappa shape index (κ3) is 7.63. The van der Waals surface area contributed by atoms with Crippen LogP contribution in [-0.2, 0) is 10.2 Å². The van der Waals surface area contributed by atoms with Gasteiger partial charge < -0.3 is 15.4 Å². The van der Waals surface area contributed by atoms with Crippen molar-refractivity contribution in [2.24, 2.45) is 5.73 Å². The number of urea groups is 1. The van der Waals surface area contributed by atoms with Crippen LogP contribution in [0.4, 0.5) is 15.0 Å². The predicted molar refractivity (Wildman–Crippen MR) is 138 cm³/mol. The van der Waals surface area contributed by atoms with Gasteiger partial charge in [-0.05, 0) is 48.7 Å². The topological polar surface area (TPSA) is 85.4 Å². The molecule has 2 amide bonds. The number of hydrogen-bond donors (Lipinski definition) is 2. The molecular weight excluding hydrogens is 445 g/mol. The Morgan fingerprint density at radius 1 is 1.17 bits per heavy atom. The normalized spacial score (nSPS) is 16.0. The van der Waals surface area contributed by atoms with Crippen molar-refractivity contribution in [3.63, 3.8) is 0 Å². The summed E-state index contributed by atoms with van der Waals surface area (Å²) in [6.07, 6.45) is 1.29. The molecule has 1 aromatic heterocycles. The summed E-state index contributed by atoms with van der Waals surface area (Å²) < 4.78 is 19.6. The average molecular weight is 482 g/mol. The molecule has 0 radical (unpaired) electrons. The number of carbonyl (C=O) groups is 1. The van der Waals surface area contributed by atoms with Crippen LogP contribution in [0.2, 0.25) is 0 Å². The van der Waals surface area contributed by atoms with Crippen molar-refractivity contribution in [1.29, 1.82) is 0 Å². The highest BCUT2D eigenvalue weighted by Crippen LogP contribution is 2.27. The molecule has 2 heterocycles. The van der Waals surface area contributed by atoms with Crippen molar-refractivity contribution in [1.82, 2.24) is 14.7 Å². The van der Waals surface area contributed by atoms with Gasteiger partial charge in [0, 0.05) is 31.7 Å². The van der Waals surface area contributed by atoms with E-state index in [2.05, 4.69) is 45.6 Å². The average Bonchev–Trinajstić information content (AvgIpc) is 3.46. The molecule has 0 spiro atoms. The number of primary amides is 1. The van der Waals surface area contributed by atoms with Crippen LogP contribution in [0.1, 0.15) is 44.4 Å². The van der Waals surface area contributed by atoms with Crippen LogP contribution in [0, 0.1) is 5.82 Å². The first-order valence-electron chi connectivity index (χ1n) is 11.9. The van der Waals surface area contributed by atoms with Gasteiger partial charge in [-0.25, -0.2) is 13.9 Å². The second-order valence-electron chi connectivity index (χ2n) is 9.73. The van der Waals surface area contributed by atoms with E-state index >= 15 is 0 Å². The number of rotatable bonds is 6. The summed E-state index contributed by atoms with van der Waals surface area (Å²) in [5.41, 5.74) is 7.91. The van der Waals surface area contributed by atoms with Crippen LogP contribution in [-0.4, -0.2) is 54.1 Å². The first-order chi connectivity index (χ1) is 16.7. The molecule has 1 atom stereocenters. The Bertz CT molecular complexity index is 1080. The van der Waals surface area contributed by atoms with E-state index in [1.54, 1.807) is 25.3 Å². The van der Waals surface area contributed by atoms with Crippen LogP contribution in [0.25, 0.3) is 5.69 Å². The number of methoxy groups -OCH3 is 1. The van der Waals surface area contributed by atoms with E-state index in [0.29, 0.717) is 11.5 Å². The van der Waals surface area contributed by atoms with Gasteiger partial charge in [0.2, 0.25) is 0 Å². The Kier molecular flexibility index (Phi) is 9.01. The van der Waals surface area contributed by atoms with Gasteiger partial charge >= 0.3 is 6.03 Å². The molecule has 8 heteroatoms. The molecule has 35 heavy (non-hydrogen) atoms. The number of halogens is 1. The second-order valence-corrected chi connectivity index (χ2v) is 9.73. The first-order valence-corrected chi connectivity index (χ1v) is 11.9. The zero-order valence-electron chi connectivity index (χ0n) is 21.0. The van der Waals surface area contributed by atoms with Crippen LogP contribution in [0.15, 0.2) is 60.7 Å². The summed E-state index contributed by atoms with van der Waals surface area (Å²) >= 11 is 0. The minimum absolute atomic E-state index is 0.181. The van der Waals surface area contributed by atoms with Gasteiger partial charge in [0.05, 0.1) is 18.0 Å².